The number of anilines is 1. The fourth-order valence-electron chi connectivity index (χ4n) is 2.01. The highest BCUT2D eigenvalue weighted by Crippen LogP contribution is 2.22. The first-order chi connectivity index (χ1) is 10.7. The van der Waals surface area contributed by atoms with Gasteiger partial charge in [0.2, 0.25) is 0 Å². The number of rotatable bonds is 7. The van der Waals surface area contributed by atoms with Gasteiger partial charge < -0.3 is 14.8 Å². The molecule has 2 aromatic carbocycles. The molecule has 0 aromatic heterocycles. The Bertz CT molecular complexity index is 625. The number of para-hydroxylation sites is 1. The van der Waals surface area contributed by atoms with E-state index in [-0.39, 0.29) is 5.91 Å². The van der Waals surface area contributed by atoms with Crippen molar-refractivity contribution >= 4 is 11.6 Å². The third-order valence-corrected chi connectivity index (χ3v) is 3.21. The molecule has 1 amide bonds. The van der Waals surface area contributed by atoms with E-state index in [1.165, 1.54) is 0 Å². The van der Waals surface area contributed by atoms with Crippen molar-refractivity contribution in [3.63, 3.8) is 0 Å². The van der Waals surface area contributed by atoms with Crippen LogP contribution in [0.5, 0.6) is 11.5 Å². The Morgan fingerprint density at radius 3 is 2.73 bits per heavy atom. The molecular weight excluding hydrogens is 278 g/mol. The van der Waals surface area contributed by atoms with E-state index in [0.29, 0.717) is 29.4 Å². The zero-order valence-electron chi connectivity index (χ0n) is 13.0. The van der Waals surface area contributed by atoms with Gasteiger partial charge in [0, 0.05) is 11.8 Å². The number of amides is 1. The molecule has 1 N–H and O–H groups in total. The van der Waals surface area contributed by atoms with E-state index in [2.05, 4.69) is 12.2 Å². The molecular formula is C18H21NO3. The first-order valence-electron chi connectivity index (χ1n) is 7.42. The predicted octanol–water partition coefficient (Wildman–Crippen LogP) is 4.13. The fourth-order valence-corrected chi connectivity index (χ4v) is 2.01. The Hall–Kier alpha value is -2.49. The Morgan fingerprint density at radius 2 is 1.95 bits per heavy atom. The van der Waals surface area contributed by atoms with Crippen molar-refractivity contribution in [2.75, 3.05) is 19.0 Å². The molecule has 4 nitrogen and oxygen atoms in total. The third kappa shape index (κ3) is 4.25. The van der Waals surface area contributed by atoms with Crippen LogP contribution in [0.4, 0.5) is 5.69 Å². The highest BCUT2D eigenvalue weighted by Gasteiger charge is 2.12. The Kier molecular flexibility index (Phi) is 5.83. The van der Waals surface area contributed by atoms with Crippen molar-refractivity contribution < 1.29 is 14.3 Å². The van der Waals surface area contributed by atoms with Crippen LogP contribution in [0.15, 0.2) is 48.5 Å². The van der Waals surface area contributed by atoms with E-state index in [4.69, 9.17) is 9.47 Å². The molecule has 0 radical (unpaired) electrons. The molecule has 2 rings (SSSR count). The average Bonchev–Trinajstić information content (AvgIpc) is 2.55. The number of hydrogen-bond acceptors (Lipinski definition) is 3. The molecule has 0 spiro atoms. The van der Waals surface area contributed by atoms with Gasteiger partial charge in [-0.2, -0.15) is 0 Å². The maximum absolute atomic E-state index is 12.4. The standard InChI is InChI=1S/C18H21NO3/c1-3-4-12-22-17-11-6-5-10-16(17)18(20)19-14-8-7-9-15(13-14)21-2/h5-11,13H,3-4,12H2,1-2H3,(H,19,20). The van der Waals surface area contributed by atoms with Gasteiger partial charge in [-0.05, 0) is 30.7 Å². The highest BCUT2D eigenvalue weighted by atomic mass is 16.5. The molecule has 22 heavy (non-hydrogen) atoms. The number of unbranched alkanes of at least 4 members (excludes halogenated alkanes) is 1. The lowest BCUT2D eigenvalue weighted by molar-refractivity contribution is 0.102. The lowest BCUT2D eigenvalue weighted by atomic mass is 10.2. The van der Waals surface area contributed by atoms with Crippen molar-refractivity contribution in [1.82, 2.24) is 0 Å². The predicted molar refractivity (Wildman–Crippen MR) is 87.8 cm³/mol. The second-order valence-electron chi connectivity index (χ2n) is 4.88. The molecule has 0 heterocycles. The molecule has 4 heteroatoms. The number of hydrogen-bond donors (Lipinski definition) is 1. The number of benzene rings is 2. The van der Waals surface area contributed by atoms with Gasteiger partial charge in [-0.25, -0.2) is 0 Å². The summed E-state index contributed by atoms with van der Waals surface area (Å²) >= 11 is 0. The first-order valence-corrected chi connectivity index (χ1v) is 7.42. The minimum Gasteiger partial charge on any atom is -0.497 e. The van der Waals surface area contributed by atoms with E-state index in [9.17, 15) is 4.79 Å². The lowest BCUT2D eigenvalue weighted by Gasteiger charge is -2.12. The first kappa shape index (κ1) is 15.9. The summed E-state index contributed by atoms with van der Waals surface area (Å²) in [6, 6.07) is 14.5. The van der Waals surface area contributed by atoms with E-state index in [0.717, 1.165) is 12.8 Å². The molecule has 0 saturated heterocycles. The summed E-state index contributed by atoms with van der Waals surface area (Å²) < 4.78 is 10.9. The van der Waals surface area contributed by atoms with E-state index < -0.39 is 0 Å². The monoisotopic (exact) mass is 299 g/mol. The molecule has 0 saturated carbocycles. The normalized spacial score (nSPS) is 10.1. The minimum atomic E-state index is -0.194. The molecule has 0 atom stereocenters. The summed E-state index contributed by atoms with van der Waals surface area (Å²) in [6.45, 7) is 2.71. The lowest BCUT2D eigenvalue weighted by Crippen LogP contribution is -2.14. The van der Waals surface area contributed by atoms with Crippen LogP contribution in [-0.2, 0) is 0 Å². The summed E-state index contributed by atoms with van der Waals surface area (Å²) in [7, 11) is 1.60. The van der Waals surface area contributed by atoms with Crippen molar-refractivity contribution in [1.29, 1.82) is 0 Å². The smallest absolute Gasteiger partial charge is 0.259 e. The van der Waals surface area contributed by atoms with E-state index >= 15 is 0 Å². The van der Waals surface area contributed by atoms with Gasteiger partial charge in [0.05, 0.1) is 19.3 Å². The van der Waals surface area contributed by atoms with Gasteiger partial charge in [-0.15, -0.1) is 0 Å². The molecule has 0 aliphatic rings. The molecule has 0 aliphatic carbocycles. The van der Waals surface area contributed by atoms with E-state index in [1.54, 1.807) is 19.2 Å². The quantitative estimate of drug-likeness (QED) is 0.782. The highest BCUT2D eigenvalue weighted by molar-refractivity contribution is 6.06. The maximum Gasteiger partial charge on any atom is 0.259 e. The van der Waals surface area contributed by atoms with Crippen LogP contribution in [0.3, 0.4) is 0 Å². The summed E-state index contributed by atoms with van der Waals surface area (Å²) in [5.74, 6) is 1.11. The number of methoxy groups -OCH3 is 1. The summed E-state index contributed by atoms with van der Waals surface area (Å²) in [5, 5.41) is 2.86. The molecule has 0 bridgehead atoms. The van der Waals surface area contributed by atoms with Crippen molar-refractivity contribution in [3.8, 4) is 11.5 Å². The van der Waals surface area contributed by atoms with Gasteiger partial charge in [0.15, 0.2) is 0 Å². The van der Waals surface area contributed by atoms with Gasteiger partial charge in [0.1, 0.15) is 11.5 Å². The van der Waals surface area contributed by atoms with Crippen molar-refractivity contribution in [3.05, 3.63) is 54.1 Å². The number of carbonyl (C=O) groups excluding carboxylic acids is 1. The van der Waals surface area contributed by atoms with Gasteiger partial charge in [-0.3, -0.25) is 4.79 Å². The maximum atomic E-state index is 12.4. The largest absolute Gasteiger partial charge is 0.497 e. The minimum absolute atomic E-state index is 0.194. The summed E-state index contributed by atoms with van der Waals surface area (Å²) in [6.07, 6.45) is 2.02. The number of nitrogens with one attached hydrogen (secondary N) is 1. The van der Waals surface area contributed by atoms with Gasteiger partial charge >= 0.3 is 0 Å². The number of ether oxygens (including phenoxy) is 2. The zero-order chi connectivity index (χ0) is 15.8. The molecule has 116 valence electrons. The van der Waals surface area contributed by atoms with Gasteiger partial charge in [0.25, 0.3) is 5.91 Å². The van der Waals surface area contributed by atoms with Crippen LogP contribution in [0.25, 0.3) is 0 Å². The molecule has 0 fully saturated rings. The van der Waals surface area contributed by atoms with Crippen LogP contribution >= 0.6 is 0 Å². The average molecular weight is 299 g/mol. The Labute approximate surface area is 131 Å². The zero-order valence-corrected chi connectivity index (χ0v) is 13.0. The Balaban J connectivity index is 2.11. The summed E-state index contributed by atoms with van der Waals surface area (Å²) in [4.78, 5) is 12.4. The molecule has 0 aliphatic heterocycles. The van der Waals surface area contributed by atoms with Crippen molar-refractivity contribution in [2.45, 2.75) is 19.8 Å². The van der Waals surface area contributed by atoms with Crippen molar-refractivity contribution in [2.24, 2.45) is 0 Å². The third-order valence-electron chi connectivity index (χ3n) is 3.21. The van der Waals surface area contributed by atoms with Crippen LogP contribution in [0.1, 0.15) is 30.1 Å². The second kappa shape index (κ2) is 8.08. The van der Waals surface area contributed by atoms with Crippen LogP contribution in [-0.4, -0.2) is 19.6 Å². The summed E-state index contributed by atoms with van der Waals surface area (Å²) in [5.41, 5.74) is 1.22. The van der Waals surface area contributed by atoms with E-state index in [1.807, 2.05) is 36.4 Å². The Morgan fingerprint density at radius 1 is 1.14 bits per heavy atom. The van der Waals surface area contributed by atoms with Crippen LogP contribution < -0.4 is 14.8 Å². The fraction of sp³-hybridized carbons (Fsp3) is 0.278. The van der Waals surface area contributed by atoms with Crippen LogP contribution in [0.2, 0.25) is 0 Å². The topological polar surface area (TPSA) is 47.6 Å². The number of carbonyl (C=O) groups is 1. The SMILES string of the molecule is CCCCOc1ccccc1C(=O)Nc1cccc(OC)c1. The van der Waals surface area contributed by atoms with Crippen LogP contribution in [0, 0.1) is 0 Å². The van der Waals surface area contributed by atoms with Gasteiger partial charge in [-0.1, -0.05) is 31.5 Å². The molecule has 0 unspecified atom stereocenters. The second-order valence-corrected chi connectivity index (χ2v) is 4.88. The molecule has 2 aromatic rings.